The van der Waals surface area contributed by atoms with Crippen molar-refractivity contribution in [2.75, 3.05) is 5.32 Å². The normalized spacial score (nSPS) is 22.3. The van der Waals surface area contributed by atoms with Gasteiger partial charge in [0.25, 0.3) is 0 Å². The van der Waals surface area contributed by atoms with Crippen LogP contribution in [0.3, 0.4) is 0 Å². The molecule has 0 heterocycles. The van der Waals surface area contributed by atoms with Gasteiger partial charge in [0.2, 0.25) is 5.91 Å². The quantitative estimate of drug-likeness (QED) is 0.516. The average molecular weight is 426 g/mol. The van der Waals surface area contributed by atoms with Crippen LogP contribution in [0.2, 0.25) is 0 Å². The van der Waals surface area contributed by atoms with E-state index < -0.39 is 17.8 Å². The molecule has 0 aromatic heterocycles. The number of hydrogen-bond acceptors (Lipinski definition) is 2. The van der Waals surface area contributed by atoms with Gasteiger partial charge in [-0.2, -0.15) is 0 Å². The largest absolute Gasteiger partial charge is 0.481 e. The lowest BCUT2D eigenvalue weighted by molar-refractivity contribution is -0.147. The van der Waals surface area contributed by atoms with E-state index in [1.54, 1.807) is 0 Å². The number of carbonyl (C=O) groups is 2. The van der Waals surface area contributed by atoms with Gasteiger partial charge in [-0.25, -0.2) is 0 Å². The van der Waals surface area contributed by atoms with Crippen molar-refractivity contribution in [3.63, 3.8) is 0 Å². The summed E-state index contributed by atoms with van der Waals surface area (Å²) >= 11 is 0. The van der Waals surface area contributed by atoms with Crippen LogP contribution in [0.4, 0.5) is 5.69 Å². The highest BCUT2D eigenvalue weighted by atomic mass is 16.4. The van der Waals surface area contributed by atoms with Gasteiger partial charge in [-0.05, 0) is 42.2 Å². The molecule has 0 bridgehead atoms. The number of benzene rings is 3. The van der Waals surface area contributed by atoms with Crippen molar-refractivity contribution < 1.29 is 14.7 Å². The maximum Gasteiger partial charge on any atom is 0.308 e. The fourth-order valence-corrected chi connectivity index (χ4v) is 4.65. The Hall–Kier alpha value is -3.66. The summed E-state index contributed by atoms with van der Waals surface area (Å²) in [6, 6.07) is 25.0. The van der Waals surface area contributed by atoms with Gasteiger partial charge in [-0.15, -0.1) is 0 Å². The van der Waals surface area contributed by atoms with Gasteiger partial charge in [0, 0.05) is 17.5 Å². The Bertz CT molecular complexity index is 1140. The van der Waals surface area contributed by atoms with E-state index in [1.165, 1.54) is 0 Å². The number of rotatable bonds is 5. The highest BCUT2D eigenvalue weighted by Crippen LogP contribution is 2.45. The Balaban J connectivity index is 1.79. The van der Waals surface area contributed by atoms with Gasteiger partial charge in [0.15, 0.2) is 0 Å². The predicted molar refractivity (Wildman–Crippen MR) is 127 cm³/mol. The van der Waals surface area contributed by atoms with Crippen LogP contribution < -0.4 is 5.32 Å². The van der Waals surface area contributed by atoms with E-state index in [4.69, 9.17) is 0 Å². The molecule has 0 saturated carbocycles. The minimum atomic E-state index is -0.967. The van der Waals surface area contributed by atoms with Gasteiger partial charge in [0.1, 0.15) is 0 Å². The second-order valence-corrected chi connectivity index (χ2v) is 8.38. The van der Waals surface area contributed by atoms with E-state index in [-0.39, 0.29) is 17.7 Å². The average Bonchev–Trinajstić information content (AvgIpc) is 2.82. The van der Waals surface area contributed by atoms with E-state index in [0.29, 0.717) is 0 Å². The van der Waals surface area contributed by atoms with Gasteiger partial charge >= 0.3 is 5.97 Å². The number of nitrogens with one attached hydrogen (secondary N) is 1. The number of aryl methyl sites for hydroxylation is 1. The number of aliphatic carboxylic acids is 1. The van der Waals surface area contributed by atoms with Gasteiger partial charge < -0.3 is 10.4 Å². The highest BCUT2D eigenvalue weighted by molar-refractivity contribution is 5.97. The molecule has 0 radical (unpaired) electrons. The summed E-state index contributed by atoms with van der Waals surface area (Å²) in [7, 11) is 0. The predicted octanol–water partition coefficient (Wildman–Crippen LogP) is 5.70. The Morgan fingerprint density at radius 1 is 0.719 bits per heavy atom. The van der Waals surface area contributed by atoms with Crippen LogP contribution in [0.1, 0.15) is 34.1 Å². The first-order valence-electron chi connectivity index (χ1n) is 10.9. The fraction of sp³-hybridized carbons (Fsp3) is 0.214. The third kappa shape index (κ3) is 4.22. The van der Waals surface area contributed by atoms with Crippen LogP contribution in [0.25, 0.3) is 0 Å². The highest BCUT2D eigenvalue weighted by Gasteiger charge is 2.46. The maximum absolute atomic E-state index is 13.7. The smallest absolute Gasteiger partial charge is 0.308 e. The molecule has 0 saturated heterocycles. The fourth-order valence-electron chi connectivity index (χ4n) is 4.65. The summed E-state index contributed by atoms with van der Waals surface area (Å²) in [5, 5.41) is 13.3. The van der Waals surface area contributed by atoms with Crippen molar-refractivity contribution in [1.82, 2.24) is 0 Å². The van der Waals surface area contributed by atoms with Crippen molar-refractivity contribution in [1.29, 1.82) is 0 Å². The molecule has 0 aliphatic heterocycles. The summed E-state index contributed by atoms with van der Waals surface area (Å²) in [5.74, 6) is -3.61. The lowest BCUT2D eigenvalue weighted by Gasteiger charge is -2.37. The SMILES string of the molecule is Cc1cccc(NC(=O)C2C(c3ccccc3)C=CC(c3ccccc3)C2C(=O)O)c1C. The zero-order chi connectivity index (χ0) is 22.7. The lowest BCUT2D eigenvalue weighted by Crippen LogP contribution is -2.42. The Kier molecular flexibility index (Phi) is 6.22. The Morgan fingerprint density at radius 2 is 1.25 bits per heavy atom. The molecule has 4 nitrogen and oxygen atoms in total. The third-order valence-corrected chi connectivity index (χ3v) is 6.51. The van der Waals surface area contributed by atoms with Crippen molar-refractivity contribution >= 4 is 17.6 Å². The first-order chi connectivity index (χ1) is 15.5. The second-order valence-electron chi connectivity index (χ2n) is 8.38. The summed E-state index contributed by atoms with van der Waals surface area (Å²) < 4.78 is 0. The van der Waals surface area contributed by atoms with Crippen LogP contribution in [-0.2, 0) is 9.59 Å². The molecule has 162 valence electrons. The topological polar surface area (TPSA) is 66.4 Å². The van der Waals surface area contributed by atoms with Crippen molar-refractivity contribution in [3.8, 4) is 0 Å². The summed E-state index contributed by atoms with van der Waals surface area (Å²) in [5.41, 5.74) is 4.60. The first kappa shape index (κ1) is 21.6. The molecule has 4 atom stereocenters. The minimum absolute atomic E-state index is 0.273. The molecular formula is C28H27NO3. The number of anilines is 1. The molecule has 0 fully saturated rings. The van der Waals surface area contributed by atoms with Crippen LogP contribution >= 0.6 is 0 Å². The van der Waals surface area contributed by atoms with Crippen LogP contribution in [-0.4, -0.2) is 17.0 Å². The molecule has 1 amide bonds. The molecule has 2 N–H and O–H groups in total. The third-order valence-electron chi connectivity index (χ3n) is 6.51. The number of carbonyl (C=O) groups excluding carboxylic acids is 1. The van der Waals surface area contributed by atoms with Crippen molar-refractivity contribution in [3.05, 3.63) is 113 Å². The van der Waals surface area contributed by atoms with Gasteiger partial charge in [-0.1, -0.05) is 84.9 Å². The van der Waals surface area contributed by atoms with E-state index in [1.807, 2.05) is 105 Å². The molecule has 1 aliphatic rings. The number of allylic oxidation sites excluding steroid dienone is 2. The number of carboxylic acid groups (broad SMARTS) is 1. The monoisotopic (exact) mass is 425 g/mol. The molecule has 4 rings (SSSR count). The lowest BCUT2D eigenvalue weighted by atomic mass is 9.66. The molecule has 4 heteroatoms. The second kappa shape index (κ2) is 9.23. The molecule has 32 heavy (non-hydrogen) atoms. The van der Waals surface area contributed by atoms with Gasteiger partial charge in [-0.3, -0.25) is 9.59 Å². The van der Waals surface area contributed by atoms with E-state index in [2.05, 4.69) is 5.32 Å². The Morgan fingerprint density at radius 3 is 1.78 bits per heavy atom. The van der Waals surface area contributed by atoms with E-state index >= 15 is 0 Å². The zero-order valence-electron chi connectivity index (χ0n) is 18.2. The Labute approximate surface area is 188 Å². The minimum Gasteiger partial charge on any atom is -0.481 e. The van der Waals surface area contributed by atoms with Crippen LogP contribution in [0.15, 0.2) is 91.0 Å². The summed E-state index contributed by atoms with van der Waals surface area (Å²) in [4.78, 5) is 26.3. The summed E-state index contributed by atoms with van der Waals surface area (Å²) in [6.45, 7) is 3.95. The van der Waals surface area contributed by atoms with Gasteiger partial charge in [0.05, 0.1) is 11.8 Å². The number of hydrogen-bond donors (Lipinski definition) is 2. The molecule has 1 aliphatic carbocycles. The van der Waals surface area contributed by atoms with Crippen molar-refractivity contribution in [2.45, 2.75) is 25.7 Å². The number of carboxylic acids is 1. The standard InChI is InChI=1S/C28H27NO3/c1-18-10-9-15-24(19(18)2)29-27(30)25-22(20-11-5-3-6-12-20)16-17-23(26(25)28(31)32)21-13-7-4-8-14-21/h3-17,22-23,25-26H,1-2H3,(H,29,30)(H,31,32). The van der Waals surface area contributed by atoms with Crippen molar-refractivity contribution in [2.24, 2.45) is 11.8 Å². The zero-order valence-corrected chi connectivity index (χ0v) is 18.2. The molecule has 3 aromatic rings. The molecule has 0 spiro atoms. The maximum atomic E-state index is 13.7. The summed E-state index contributed by atoms with van der Waals surface area (Å²) in [6.07, 6.45) is 3.95. The first-order valence-corrected chi connectivity index (χ1v) is 10.9. The van der Waals surface area contributed by atoms with Crippen LogP contribution in [0, 0.1) is 25.7 Å². The van der Waals surface area contributed by atoms with Crippen LogP contribution in [0.5, 0.6) is 0 Å². The molecule has 3 aromatic carbocycles. The van der Waals surface area contributed by atoms with E-state index in [9.17, 15) is 14.7 Å². The van der Waals surface area contributed by atoms with E-state index in [0.717, 1.165) is 27.9 Å². The number of amides is 1. The molecule has 4 unspecified atom stereocenters. The molecular weight excluding hydrogens is 398 g/mol.